The third-order valence-electron chi connectivity index (χ3n) is 4.38. The SMILES string of the molecule is CCn1cc(Br)c(-c2ccnc3cc(C(=O)N(C)Cc4ccn(C)n4)nn23)n1. The summed E-state index contributed by atoms with van der Waals surface area (Å²) in [6.45, 7) is 3.18. The fourth-order valence-corrected chi connectivity index (χ4v) is 3.49. The van der Waals surface area contributed by atoms with Crippen LogP contribution >= 0.6 is 15.9 Å². The molecule has 0 saturated carbocycles. The molecule has 0 atom stereocenters. The summed E-state index contributed by atoms with van der Waals surface area (Å²) in [4.78, 5) is 18.8. The number of hydrogen-bond acceptors (Lipinski definition) is 5. The zero-order valence-electron chi connectivity index (χ0n) is 15.7. The highest BCUT2D eigenvalue weighted by Gasteiger charge is 2.20. The summed E-state index contributed by atoms with van der Waals surface area (Å²) in [6, 6.07) is 5.40. The molecule has 0 saturated heterocycles. The molecule has 28 heavy (non-hydrogen) atoms. The maximum atomic E-state index is 12.8. The smallest absolute Gasteiger partial charge is 0.274 e. The van der Waals surface area contributed by atoms with Crippen molar-refractivity contribution in [1.29, 1.82) is 0 Å². The Balaban J connectivity index is 1.67. The van der Waals surface area contributed by atoms with Crippen LogP contribution in [0.2, 0.25) is 0 Å². The van der Waals surface area contributed by atoms with Crippen LogP contribution in [-0.4, -0.2) is 52.0 Å². The van der Waals surface area contributed by atoms with Gasteiger partial charge in [-0.15, -0.1) is 0 Å². The quantitative estimate of drug-likeness (QED) is 0.473. The Kier molecular flexibility index (Phi) is 4.71. The normalized spacial score (nSPS) is 11.3. The van der Waals surface area contributed by atoms with E-state index < -0.39 is 0 Å². The third-order valence-corrected chi connectivity index (χ3v) is 4.96. The summed E-state index contributed by atoms with van der Waals surface area (Å²) in [6.07, 6.45) is 5.45. The number of carbonyl (C=O) groups excluding carboxylic acids is 1. The molecular weight excluding hydrogens is 424 g/mol. The van der Waals surface area contributed by atoms with Crippen LogP contribution in [0.25, 0.3) is 17.0 Å². The van der Waals surface area contributed by atoms with Gasteiger partial charge in [-0.2, -0.15) is 15.3 Å². The largest absolute Gasteiger partial charge is 0.334 e. The Labute approximate surface area is 169 Å². The van der Waals surface area contributed by atoms with Gasteiger partial charge in [0.15, 0.2) is 11.3 Å². The summed E-state index contributed by atoms with van der Waals surface area (Å²) in [5, 5.41) is 13.4. The van der Waals surface area contributed by atoms with Gasteiger partial charge in [0.1, 0.15) is 5.69 Å². The molecule has 4 rings (SSSR count). The highest BCUT2D eigenvalue weighted by atomic mass is 79.9. The standard InChI is InChI=1S/C18H19BrN8O/c1-4-26-11-13(19)17(23-26)15-5-7-20-16-9-14(22-27(15)16)18(28)24(2)10-12-6-8-25(3)21-12/h5-9,11H,4,10H2,1-3H3. The van der Waals surface area contributed by atoms with E-state index >= 15 is 0 Å². The lowest BCUT2D eigenvalue weighted by Crippen LogP contribution is -2.26. The first-order chi connectivity index (χ1) is 13.5. The first-order valence-electron chi connectivity index (χ1n) is 8.78. The Morgan fingerprint density at radius 1 is 1.25 bits per heavy atom. The summed E-state index contributed by atoms with van der Waals surface area (Å²) in [5.41, 5.74) is 3.23. The Bertz CT molecular complexity index is 1160. The Hall–Kier alpha value is -3.01. The van der Waals surface area contributed by atoms with Crippen LogP contribution in [0.1, 0.15) is 23.1 Å². The molecule has 0 aliphatic rings. The lowest BCUT2D eigenvalue weighted by Gasteiger charge is -2.13. The first kappa shape index (κ1) is 18.4. The van der Waals surface area contributed by atoms with Gasteiger partial charge in [-0.05, 0) is 35.0 Å². The van der Waals surface area contributed by atoms with Crippen LogP contribution in [0.3, 0.4) is 0 Å². The van der Waals surface area contributed by atoms with Crippen LogP contribution in [0, 0.1) is 0 Å². The topological polar surface area (TPSA) is 86.1 Å². The van der Waals surface area contributed by atoms with Crippen molar-refractivity contribution < 1.29 is 4.79 Å². The van der Waals surface area contributed by atoms with Crippen LogP contribution in [0.15, 0.2) is 41.3 Å². The maximum absolute atomic E-state index is 12.8. The fourth-order valence-electron chi connectivity index (χ4n) is 2.97. The van der Waals surface area contributed by atoms with E-state index in [1.165, 1.54) is 0 Å². The molecule has 0 bridgehead atoms. The van der Waals surface area contributed by atoms with Gasteiger partial charge in [0.25, 0.3) is 5.91 Å². The van der Waals surface area contributed by atoms with Crippen LogP contribution in [0.5, 0.6) is 0 Å². The molecule has 4 aromatic heterocycles. The molecule has 0 fully saturated rings. The second-order valence-electron chi connectivity index (χ2n) is 6.45. The van der Waals surface area contributed by atoms with Crippen molar-refractivity contribution in [1.82, 2.24) is 39.1 Å². The molecule has 4 heterocycles. The maximum Gasteiger partial charge on any atom is 0.274 e. The van der Waals surface area contributed by atoms with E-state index in [0.717, 1.165) is 28.1 Å². The minimum atomic E-state index is -0.194. The number of hydrogen-bond donors (Lipinski definition) is 0. The summed E-state index contributed by atoms with van der Waals surface area (Å²) >= 11 is 3.55. The van der Waals surface area contributed by atoms with Gasteiger partial charge in [-0.25, -0.2) is 9.50 Å². The van der Waals surface area contributed by atoms with E-state index in [-0.39, 0.29) is 5.91 Å². The molecule has 144 valence electrons. The molecule has 0 N–H and O–H groups in total. The minimum Gasteiger partial charge on any atom is -0.334 e. The summed E-state index contributed by atoms with van der Waals surface area (Å²) < 4.78 is 6.05. The van der Waals surface area contributed by atoms with E-state index in [2.05, 4.69) is 36.2 Å². The molecule has 0 radical (unpaired) electrons. The van der Waals surface area contributed by atoms with Crippen molar-refractivity contribution in [3.05, 3.63) is 52.7 Å². The van der Waals surface area contributed by atoms with E-state index in [0.29, 0.717) is 17.9 Å². The van der Waals surface area contributed by atoms with Crippen molar-refractivity contribution in [2.45, 2.75) is 20.0 Å². The predicted octanol–water partition coefficient (Wildman–Crippen LogP) is 2.38. The van der Waals surface area contributed by atoms with Crippen LogP contribution in [-0.2, 0) is 20.1 Å². The molecule has 0 spiro atoms. The zero-order chi connectivity index (χ0) is 19.8. The van der Waals surface area contributed by atoms with Gasteiger partial charge in [-0.1, -0.05) is 0 Å². The van der Waals surface area contributed by atoms with Crippen LogP contribution in [0.4, 0.5) is 0 Å². The van der Waals surface area contributed by atoms with E-state index in [1.807, 2.05) is 43.2 Å². The predicted molar refractivity (Wildman–Crippen MR) is 107 cm³/mol. The number of amides is 1. The first-order valence-corrected chi connectivity index (χ1v) is 9.57. The highest BCUT2D eigenvalue weighted by Crippen LogP contribution is 2.27. The molecule has 4 aromatic rings. The molecule has 10 heteroatoms. The Morgan fingerprint density at radius 2 is 2.07 bits per heavy atom. The fraction of sp³-hybridized carbons (Fsp3) is 0.278. The van der Waals surface area contributed by atoms with Crippen molar-refractivity contribution in [3.63, 3.8) is 0 Å². The molecule has 1 amide bonds. The minimum absolute atomic E-state index is 0.194. The molecule has 0 aromatic carbocycles. The van der Waals surface area contributed by atoms with Gasteiger partial charge in [0, 0.05) is 45.3 Å². The summed E-state index contributed by atoms with van der Waals surface area (Å²) in [5.74, 6) is -0.194. The van der Waals surface area contributed by atoms with E-state index in [4.69, 9.17) is 0 Å². The lowest BCUT2D eigenvalue weighted by molar-refractivity contribution is 0.0777. The second kappa shape index (κ2) is 7.19. The number of carbonyl (C=O) groups is 1. The van der Waals surface area contributed by atoms with Crippen molar-refractivity contribution in [2.75, 3.05) is 7.05 Å². The van der Waals surface area contributed by atoms with Gasteiger partial charge < -0.3 is 4.90 Å². The third kappa shape index (κ3) is 3.31. The highest BCUT2D eigenvalue weighted by molar-refractivity contribution is 9.10. The Morgan fingerprint density at radius 3 is 2.75 bits per heavy atom. The summed E-state index contributed by atoms with van der Waals surface area (Å²) in [7, 11) is 3.58. The lowest BCUT2D eigenvalue weighted by atomic mass is 10.3. The number of aromatic nitrogens is 7. The number of aryl methyl sites for hydroxylation is 2. The van der Waals surface area contributed by atoms with Crippen molar-refractivity contribution in [2.24, 2.45) is 7.05 Å². The molecule has 0 aliphatic heterocycles. The molecular formula is C18H19BrN8O. The molecule has 0 aliphatic carbocycles. The molecule has 0 unspecified atom stereocenters. The monoisotopic (exact) mass is 442 g/mol. The zero-order valence-corrected chi connectivity index (χ0v) is 17.3. The van der Waals surface area contributed by atoms with Crippen molar-refractivity contribution in [3.8, 4) is 11.4 Å². The van der Waals surface area contributed by atoms with E-state index in [1.54, 1.807) is 33.4 Å². The number of halogens is 1. The number of nitrogens with zero attached hydrogens (tertiary/aromatic N) is 8. The van der Waals surface area contributed by atoms with Crippen molar-refractivity contribution >= 4 is 27.5 Å². The molecule has 9 nitrogen and oxygen atoms in total. The number of fused-ring (bicyclic) bond motifs is 1. The van der Waals surface area contributed by atoms with Crippen LogP contribution < -0.4 is 0 Å². The van der Waals surface area contributed by atoms with E-state index in [9.17, 15) is 4.79 Å². The number of rotatable bonds is 5. The average Bonchev–Trinajstić information content (AvgIpc) is 3.38. The van der Waals surface area contributed by atoms with Gasteiger partial charge in [0.05, 0.1) is 22.4 Å². The van der Waals surface area contributed by atoms with Gasteiger partial charge >= 0.3 is 0 Å². The van der Waals surface area contributed by atoms with Gasteiger partial charge in [0.2, 0.25) is 0 Å². The average molecular weight is 443 g/mol. The van der Waals surface area contributed by atoms with Gasteiger partial charge in [-0.3, -0.25) is 14.2 Å². The second-order valence-corrected chi connectivity index (χ2v) is 7.31.